The van der Waals surface area contributed by atoms with Gasteiger partial charge in [0.05, 0.1) is 11.5 Å². The highest BCUT2D eigenvalue weighted by Crippen LogP contribution is 2.39. The summed E-state index contributed by atoms with van der Waals surface area (Å²) in [6.45, 7) is 9.51. The van der Waals surface area contributed by atoms with Crippen molar-refractivity contribution in [1.29, 1.82) is 0 Å². The highest BCUT2D eigenvalue weighted by atomic mass is 32.2. The number of nitrogens with zero attached hydrogens (tertiary/aromatic N) is 3. The molecule has 0 spiro atoms. The van der Waals surface area contributed by atoms with Crippen LogP contribution in [0.3, 0.4) is 0 Å². The van der Waals surface area contributed by atoms with Gasteiger partial charge in [0, 0.05) is 24.3 Å². The summed E-state index contributed by atoms with van der Waals surface area (Å²) in [6.07, 6.45) is 8.55. The van der Waals surface area contributed by atoms with Gasteiger partial charge in [0.25, 0.3) is 5.91 Å². The van der Waals surface area contributed by atoms with Crippen molar-refractivity contribution >= 4 is 21.6 Å². The zero-order chi connectivity index (χ0) is 25.4. The number of rotatable bonds is 7. The number of primary amides is 1. The maximum atomic E-state index is 13.7. The standard InChI is InChI=1S/C26H34N4O4S/c1-17-14-26(3,4)30(15-17)25-23(24(27)31)20(12-13-28-25)35(32,33)22-11-7-10-21(29-22)34-16-19-9-6-5-8-18(19)2/h5-7,10-13,17-19H,8-9,14-16H2,1-4H3,(H2,27,31). The lowest BCUT2D eigenvalue weighted by Crippen LogP contribution is -2.40. The molecular formula is C26H34N4O4S. The summed E-state index contributed by atoms with van der Waals surface area (Å²) in [7, 11) is -4.16. The molecule has 3 heterocycles. The minimum atomic E-state index is -4.16. The molecule has 35 heavy (non-hydrogen) atoms. The highest BCUT2D eigenvalue weighted by molar-refractivity contribution is 7.91. The van der Waals surface area contributed by atoms with Crippen molar-refractivity contribution in [2.24, 2.45) is 23.5 Å². The zero-order valence-corrected chi connectivity index (χ0v) is 21.6. The summed E-state index contributed by atoms with van der Waals surface area (Å²) in [5.74, 6) is 0.881. The molecule has 1 aliphatic heterocycles. The fourth-order valence-electron chi connectivity index (χ4n) is 5.22. The van der Waals surface area contributed by atoms with E-state index >= 15 is 0 Å². The lowest BCUT2D eigenvalue weighted by Gasteiger charge is -2.33. The molecule has 1 fully saturated rings. The number of allylic oxidation sites excluding steroid dienone is 2. The topological polar surface area (TPSA) is 115 Å². The van der Waals surface area contributed by atoms with E-state index in [-0.39, 0.29) is 26.9 Å². The van der Waals surface area contributed by atoms with Crippen LogP contribution in [0.5, 0.6) is 5.88 Å². The molecule has 0 bridgehead atoms. The van der Waals surface area contributed by atoms with E-state index in [9.17, 15) is 13.2 Å². The molecule has 3 unspecified atom stereocenters. The van der Waals surface area contributed by atoms with Crippen LogP contribution in [0.25, 0.3) is 0 Å². The van der Waals surface area contributed by atoms with Gasteiger partial charge in [-0.1, -0.05) is 32.1 Å². The average Bonchev–Trinajstić information content (AvgIpc) is 3.09. The Bertz CT molecular complexity index is 1240. The van der Waals surface area contributed by atoms with Crippen molar-refractivity contribution in [2.45, 2.75) is 62.4 Å². The van der Waals surface area contributed by atoms with Crippen molar-refractivity contribution in [1.82, 2.24) is 9.97 Å². The second-order valence-corrected chi connectivity index (χ2v) is 12.3. The Kier molecular flexibility index (Phi) is 6.90. The number of sulfone groups is 1. The van der Waals surface area contributed by atoms with E-state index in [4.69, 9.17) is 10.5 Å². The van der Waals surface area contributed by atoms with Crippen LogP contribution in [-0.2, 0) is 9.84 Å². The quantitative estimate of drug-likeness (QED) is 0.573. The van der Waals surface area contributed by atoms with Crippen LogP contribution in [-0.4, -0.2) is 43.0 Å². The fraction of sp³-hybridized carbons (Fsp3) is 0.500. The highest BCUT2D eigenvalue weighted by Gasteiger charge is 2.40. The van der Waals surface area contributed by atoms with Crippen molar-refractivity contribution in [2.75, 3.05) is 18.1 Å². The van der Waals surface area contributed by atoms with E-state index in [0.29, 0.717) is 36.7 Å². The minimum Gasteiger partial charge on any atom is -0.477 e. The van der Waals surface area contributed by atoms with Crippen LogP contribution < -0.4 is 15.4 Å². The van der Waals surface area contributed by atoms with E-state index in [1.807, 2.05) is 4.90 Å². The molecule has 2 aromatic rings. The molecular weight excluding hydrogens is 464 g/mol. The first-order valence-electron chi connectivity index (χ1n) is 12.1. The molecule has 0 radical (unpaired) electrons. The average molecular weight is 499 g/mol. The summed E-state index contributed by atoms with van der Waals surface area (Å²) in [6, 6.07) is 5.96. The van der Waals surface area contributed by atoms with Crippen LogP contribution >= 0.6 is 0 Å². The maximum absolute atomic E-state index is 13.7. The number of anilines is 1. The van der Waals surface area contributed by atoms with Crippen LogP contribution in [0.15, 0.2) is 52.5 Å². The summed E-state index contributed by atoms with van der Waals surface area (Å²) < 4.78 is 33.2. The van der Waals surface area contributed by atoms with Gasteiger partial charge in [0.15, 0.2) is 5.03 Å². The van der Waals surface area contributed by atoms with Gasteiger partial charge < -0.3 is 15.4 Å². The minimum absolute atomic E-state index is 0.106. The molecule has 8 nitrogen and oxygen atoms in total. The van der Waals surface area contributed by atoms with Crippen molar-refractivity contribution in [3.63, 3.8) is 0 Å². The number of amides is 1. The molecule has 188 valence electrons. The molecule has 1 saturated heterocycles. The van der Waals surface area contributed by atoms with Gasteiger partial charge in [-0.3, -0.25) is 4.79 Å². The van der Waals surface area contributed by atoms with Crippen LogP contribution in [0.2, 0.25) is 0 Å². The summed E-state index contributed by atoms with van der Waals surface area (Å²) in [5, 5.41) is -0.194. The van der Waals surface area contributed by atoms with Gasteiger partial charge in [0.2, 0.25) is 15.7 Å². The normalized spacial score (nSPS) is 23.9. The second-order valence-electron chi connectivity index (χ2n) is 10.4. The van der Waals surface area contributed by atoms with Crippen molar-refractivity contribution in [3.05, 3.63) is 48.2 Å². The number of hydrogen-bond acceptors (Lipinski definition) is 7. The van der Waals surface area contributed by atoms with E-state index in [1.54, 1.807) is 12.1 Å². The molecule has 1 aliphatic carbocycles. The number of carbonyl (C=O) groups is 1. The number of hydrogen-bond donors (Lipinski definition) is 1. The van der Waals surface area contributed by atoms with E-state index in [0.717, 1.165) is 19.3 Å². The van der Waals surface area contributed by atoms with Gasteiger partial charge in [-0.2, -0.15) is 0 Å². The van der Waals surface area contributed by atoms with Gasteiger partial charge in [0.1, 0.15) is 11.4 Å². The Labute approximate surface area is 207 Å². The predicted molar refractivity (Wildman–Crippen MR) is 134 cm³/mol. The van der Waals surface area contributed by atoms with Gasteiger partial charge in [-0.25, -0.2) is 18.4 Å². The van der Waals surface area contributed by atoms with Gasteiger partial charge >= 0.3 is 0 Å². The Morgan fingerprint density at radius 1 is 1.20 bits per heavy atom. The number of aromatic nitrogens is 2. The molecule has 9 heteroatoms. The SMILES string of the molecule is CC1CN(c2nccc(S(=O)(=O)c3cccc(OCC4CC=CCC4C)n3)c2C(N)=O)C(C)(C)C1. The van der Waals surface area contributed by atoms with E-state index < -0.39 is 15.7 Å². The van der Waals surface area contributed by atoms with Crippen LogP contribution in [0.4, 0.5) is 5.82 Å². The molecule has 0 saturated carbocycles. The molecule has 4 rings (SSSR count). The Morgan fingerprint density at radius 3 is 2.60 bits per heavy atom. The molecule has 3 atom stereocenters. The predicted octanol–water partition coefficient (Wildman–Crippen LogP) is 4.01. The van der Waals surface area contributed by atoms with Crippen molar-refractivity contribution < 1.29 is 17.9 Å². The van der Waals surface area contributed by atoms with E-state index in [1.165, 1.54) is 18.3 Å². The largest absolute Gasteiger partial charge is 0.477 e. The first kappa shape index (κ1) is 25.2. The smallest absolute Gasteiger partial charge is 0.253 e. The van der Waals surface area contributed by atoms with Crippen LogP contribution in [0.1, 0.15) is 57.3 Å². The van der Waals surface area contributed by atoms with Crippen molar-refractivity contribution in [3.8, 4) is 5.88 Å². The Morgan fingerprint density at radius 2 is 1.94 bits per heavy atom. The van der Waals surface area contributed by atoms with Gasteiger partial charge in [-0.05, 0) is 63.0 Å². The molecule has 1 amide bonds. The number of pyridine rings is 2. The number of carbonyl (C=O) groups excluding carboxylic acids is 1. The number of ether oxygens (including phenoxy) is 1. The zero-order valence-electron chi connectivity index (χ0n) is 20.8. The lowest BCUT2D eigenvalue weighted by molar-refractivity contribution is 0.0997. The summed E-state index contributed by atoms with van der Waals surface area (Å²) >= 11 is 0. The lowest BCUT2D eigenvalue weighted by atomic mass is 9.85. The maximum Gasteiger partial charge on any atom is 0.253 e. The van der Waals surface area contributed by atoms with Crippen LogP contribution in [0, 0.1) is 17.8 Å². The molecule has 2 N–H and O–H groups in total. The monoisotopic (exact) mass is 498 g/mol. The number of nitrogens with two attached hydrogens (primary N) is 1. The summed E-state index contributed by atoms with van der Waals surface area (Å²) in [5.41, 5.74) is 5.33. The Balaban J connectivity index is 1.68. The third kappa shape index (κ3) is 5.05. The third-order valence-corrected chi connectivity index (χ3v) is 8.79. The molecule has 2 aliphatic rings. The first-order chi connectivity index (χ1) is 16.5. The molecule has 0 aromatic carbocycles. The first-order valence-corrected chi connectivity index (χ1v) is 13.6. The van der Waals surface area contributed by atoms with E-state index in [2.05, 4.69) is 49.8 Å². The molecule has 2 aromatic heterocycles. The summed E-state index contributed by atoms with van der Waals surface area (Å²) in [4.78, 5) is 23.0. The van der Waals surface area contributed by atoms with Gasteiger partial charge in [-0.15, -0.1) is 0 Å². The third-order valence-electron chi connectivity index (χ3n) is 7.09. The fourth-order valence-corrected chi connectivity index (χ4v) is 6.62. The second kappa shape index (κ2) is 9.60. The Hall–Kier alpha value is -2.94.